The normalized spacial score (nSPS) is 30.8. The molecule has 2 aliphatic rings. The van der Waals surface area contributed by atoms with E-state index in [1.807, 2.05) is 22.6 Å². The van der Waals surface area contributed by atoms with Gasteiger partial charge in [-0.2, -0.15) is 4.98 Å². The fourth-order valence-corrected chi connectivity index (χ4v) is 7.13. The van der Waals surface area contributed by atoms with Crippen LogP contribution in [0.2, 0.25) is 0 Å². The van der Waals surface area contributed by atoms with E-state index in [1.54, 1.807) is 23.0 Å². The predicted octanol–water partition coefficient (Wildman–Crippen LogP) is 0.290. The average molecular weight is 850 g/mol. The molecule has 2 saturated heterocycles. The Bertz CT molecular complexity index is 1760. The summed E-state index contributed by atoms with van der Waals surface area (Å²) in [6, 6.07) is 0. The zero-order valence-corrected chi connectivity index (χ0v) is 26.6. The minimum absolute atomic E-state index is 0.0460. The van der Waals surface area contributed by atoms with Gasteiger partial charge in [0.05, 0.1) is 19.3 Å². The molecule has 2 aliphatic heterocycles. The van der Waals surface area contributed by atoms with Crippen LogP contribution in [-0.4, -0.2) is 96.8 Å². The first kappa shape index (κ1) is 30.8. The molecule has 1 unspecified atom stereocenters. The Morgan fingerprint density at radius 1 is 1.07 bits per heavy atom. The van der Waals surface area contributed by atoms with Crippen molar-refractivity contribution in [2.75, 3.05) is 22.5 Å². The Kier molecular flexibility index (Phi) is 8.59. The molecule has 0 amide bonds. The van der Waals surface area contributed by atoms with Crippen molar-refractivity contribution in [3.63, 3.8) is 0 Å². The number of nitrogen functional groups attached to an aromatic ring is 2. The number of imidazole rings is 2. The van der Waals surface area contributed by atoms with Crippen molar-refractivity contribution in [2.24, 2.45) is 0 Å². The highest BCUT2D eigenvalue weighted by molar-refractivity contribution is 14.1. The fraction of sp³-hybridized carbons (Fsp3) is 0.500. The van der Waals surface area contributed by atoms with Crippen molar-refractivity contribution in [2.45, 2.75) is 49.1 Å². The lowest BCUT2D eigenvalue weighted by Gasteiger charge is -2.24. The van der Waals surface area contributed by atoms with Gasteiger partial charge in [0.15, 0.2) is 41.3 Å². The van der Waals surface area contributed by atoms with E-state index in [2.05, 4.69) is 29.9 Å². The van der Waals surface area contributed by atoms with Crippen LogP contribution in [0.5, 0.6) is 0 Å². The Morgan fingerprint density at radius 3 is 2.49 bits per heavy atom. The van der Waals surface area contributed by atoms with Gasteiger partial charge in [0.2, 0.25) is 5.95 Å². The molecule has 43 heavy (non-hydrogen) atoms. The SMILES string of the molecule is Nc1nc2c(ncn2[C@@H]2O[C@H](CI)[C@H](F)[C@H]2OP(=O)(O)OC[C@H]2O[C@@H](n3cnc4c(N)ncnc43)[C@H](O)[C@@H]2OI)c(=O)[nH]1. The van der Waals surface area contributed by atoms with Gasteiger partial charge in [-0.1, -0.05) is 22.6 Å². The van der Waals surface area contributed by atoms with Crippen LogP contribution < -0.4 is 17.0 Å². The molecular formula is C20H22FI2N10O9P. The second-order valence-corrected chi connectivity index (χ2v) is 12.3. The van der Waals surface area contributed by atoms with E-state index in [-0.39, 0.29) is 38.5 Å². The highest BCUT2D eigenvalue weighted by atomic mass is 127. The number of aliphatic hydroxyl groups excluding tert-OH is 1. The number of aromatic nitrogens is 8. The second-order valence-electron chi connectivity index (χ2n) is 9.47. The summed E-state index contributed by atoms with van der Waals surface area (Å²) in [7, 11) is -5.01. The van der Waals surface area contributed by atoms with E-state index in [9.17, 15) is 19.4 Å². The van der Waals surface area contributed by atoms with Crippen molar-refractivity contribution < 1.29 is 40.5 Å². The van der Waals surface area contributed by atoms with Crippen molar-refractivity contribution in [1.82, 2.24) is 39.0 Å². The first-order chi connectivity index (χ1) is 20.5. The maximum absolute atomic E-state index is 15.5. The number of anilines is 2. The number of H-pyrrole nitrogens is 1. The summed E-state index contributed by atoms with van der Waals surface area (Å²) < 4.78 is 58.9. The lowest BCUT2D eigenvalue weighted by atomic mass is 10.1. The molecule has 0 aliphatic carbocycles. The summed E-state index contributed by atoms with van der Waals surface area (Å²) in [5.74, 6) is -0.104. The van der Waals surface area contributed by atoms with Crippen LogP contribution in [0.4, 0.5) is 16.2 Å². The van der Waals surface area contributed by atoms with Crippen LogP contribution in [0.3, 0.4) is 0 Å². The van der Waals surface area contributed by atoms with E-state index in [4.69, 9.17) is 33.1 Å². The zero-order chi connectivity index (χ0) is 30.6. The molecule has 0 radical (unpaired) electrons. The fourth-order valence-electron chi connectivity index (χ4n) is 4.89. The summed E-state index contributed by atoms with van der Waals surface area (Å²) in [4.78, 5) is 45.3. The van der Waals surface area contributed by atoms with E-state index < -0.39 is 69.1 Å². The quantitative estimate of drug-likeness (QED) is 0.0861. The highest BCUT2D eigenvalue weighted by Gasteiger charge is 2.51. The van der Waals surface area contributed by atoms with Gasteiger partial charge in [-0.25, -0.2) is 28.9 Å². The van der Waals surface area contributed by atoms with Crippen molar-refractivity contribution in [3.8, 4) is 0 Å². The number of aliphatic hydroxyl groups is 1. The number of rotatable bonds is 9. The van der Waals surface area contributed by atoms with Crippen molar-refractivity contribution >= 4 is 87.5 Å². The van der Waals surface area contributed by atoms with Gasteiger partial charge in [-0.05, 0) is 0 Å². The Hall–Kier alpha value is -2.16. The maximum atomic E-state index is 15.5. The molecule has 0 saturated carbocycles. The van der Waals surface area contributed by atoms with Gasteiger partial charge < -0.3 is 34.0 Å². The smallest absolute Gasteiger partial charge is 0.386 e. The first-order valence-electron chi connectivity index (χ1n) is 12.3. The summed E-state index contributed by atoms with van der Waals surface area (Å²) in [6.07, 6.45) is -6.74. The Labute approximate surface area is 266 Å². The van der Waals surface area contributed by atoms with Crippen LogP contribution >= 0.6 is 53.4 Å². The number of halogens is 3. The molecule has 0 spiro atoms. The van der Waals surface area contributed by atoms with E-state index in [1.165, 1.54) is 21.8 Å². The largest absolute Gasteiger partial charge is 0.472 e. The number of nitrogens with zero attached hydrogens (tertiary/aromatic N) is 7. The Balaban J connectivity index is 1.20. The van der Waals surface area contributed by atoms with E-state index in [0.29, 0.717) is 0 Å². The lowest BCUT2D eigenvalue weighted by molar-refractivity contribution is -0.0567. The standard InChI is InChI=1S/C20H22FI2N10O9P/c21-8-6(1-22)39-19(33-5-29-10-16(33)30-20(25)31-17(10)35)13(8)42-43(36,37)38-2-7-12(41-23)11(34)18(40-7)32-4-28-9-14(24)26-3-27-15(9)32/h3-8,11-13,18-19,34H,1-2H2,(H,36,37)(H2,24,26,27)(H3,25,30,31,35)/t6-,7-,8+,11-,12-,13-,18-,19-/m1/s1. The van der Waals surface area contributed by atoms with Gasteiger partial charge in [-0.3, -0.25) is 28.0 Å². The predicted molar refractivity (Wildman–Crippen MR) is 159 cm³/mol. The third-order valence-corrected chi connectivity index (χ3v) is 9.31. The number of fused-ring (bicyclic) bond motifs is 2. The number of phosphoric acid groups is 1. The second kappa shape index (κ2) is 12.0. The summed E-state index contributed by atoms with van der Waals surface area (Å²) in [5.41, 5.74) is 11.3. The molecule has 232 valence electrons. The number of nitrogens with two attached hydrogens (primary N) is 2. The first-order valence-corrected chi connectivity index (χ1v) is 16.2. The van der Waals surface area contributed by atoms with Gasteiger partial charge in [-0.15, -0.1) is 0 Å². The van der Waals surface area contributed by atoms with Crippen LogP contribution in [0, 0.1) is 0 Å². The average Bonchev–Trinajstić information content (AvgIpc) is 3.72. The summed E-state index contributed by atoms with van der Waals surface area (Å²) in [5, 5.41) is 10.9. The maximum Gasteiger partial charge on any atom is 0.472 e. The van der Waals surface area contributed by atoms with Gasteiger partial charge >= 0.3 is 7.82 Å². The molecule has 4 aromatic heterocycles. The molecular weight excluding hydrogens is 828 g/mol. The topological polar surface area (TPSA) is 263 Å². The highest BCUT2D eigenvalue weighted by Crippen LogP contribution is 2.51. The lowest BCUT2D eigenvalue weighted by Crippen LogP contribution is -2.35. The van der Waals surface area contributed by atoms with Crippen LogP contribution in [0.1, 0.15) is 12.5 Å². The molecule has 19 nitrogen and oxygen atoms in total. The van der Waals surface area contributed by atoms with E-state index in [0.717, 1.165) is 6.33 Å². The number of aromatic amines is 1. The van der Waals surface area contributed by atoms with Crippen molar-refractivity contribution in [3.05, 3.63) is 29.3 Å². The number of nitrogens with one attached hydrogen (secondary N) is 1. The molecule has 6 rings (SSSR count). The van der Waals surface area contributed by atoms with Crippen LogP contribution in [-0.2, 0) is 26.2 Å². The van der Waals surface area contributed by atoms with Gasteiger partial charge in [0, 0.05) is 4.43 Å². The molecule has 23 heteroatoms. The molecule has 0 aromatic carbocycles. The molecule has 6 heterocycles. The summed E-state index contributed by atoms with van der Waals surface area (Å²) >= 11 is 3.45. The third-order valence-electron chi connectivity index (χ3n) is 6.87. The van der Waals surface area contributed by atoms with Gasteiger partial charge in [0.25, 0.3) is 5.56 Å². The minimum atomic E-state index is -5.01. The minimum Gasteiger partial charge on any atom is -0.386 e. The number of phosphoric ester groups is 1. The molecule has 7 N–H and O–H groups in total. The Morgan fingerprint density at radius 2 is 1.77 bits per heavy atom. The van der Waals surface area contributed by atoms with Crippen LogP contribution in [0.25, 0.3) is 22.3 Å². The van der Waals surface area contributed by atoms with E-state index >= 15 is 4.39 Å². The number of hydrogen-bond donors (Lipinski definition) is 5. The molecule has 4 aromatic rings. The van der Waals surface area contributed by atoms with Crippen molar-refractivity contribution in [1.29, 1.82) is 0 Å². The zero-order valence-electron chi connectivity index (χ0n) is 21.4. The molecule has 9 atom stereocenters. The van der Waals surface area contributed by atoms with Gasteiger partial charge in [0.1, 0.15) is 65.4 Å². The third kappa shape index (κ3) is 5.61. The monoisotopic (exact) mass is 850 g/mol. The number of alkyl halides is 2. The molecule has 0 bridgehead atoms. The summed E-state index contributed by atoms with van der Waals surface area (Å²) in [6.45, 7) is -0.606. The molecule has 2 fully saturated rings. The number of ether oxygens (including phenoxy) is 2. The van der Waals surface area contributed by atoms with Crippen LogP contribution in [0.15, 0.2) is 23.8 Å². The number of hydrogen-bond acceptors (Lipinski definition) is 15.